The summed E-state index contributed by atoms with van der Waals surface area (Å²) >= 11 is 3.58. The molecule has 0 aliphatic carbocycles. The molecule has 15 heavy (non-hydrogen) atoms. The Bertz CT molecular complexity index is 307. The number of nitrogens with zero attached hydrogens (tertiary/aromatic N) is 2. The first-order valence-corrected chi connectivity index (χ1v) is 6.34. The van der Waals surface area contributed by atoms with E-state index in [4.69, 9.17) is 0 Å². The number of hydrogen-bond acceptors (Lipinski definition) is 2. The van der Waals surface area contributed by atoms with Crippen LogP contribution in [-0.4, -0.2) is 22.9 Å². The molecule has 3 nitrogen and oxygen atoms in total. The molecule has 0 amide bonds. The Balaban J connectivity index is 2.37. The molecule has 4 heteroatoms. The fourth-order valence-corrected chi connectivity index (χ4v) is 2.17. The van der Waals surface area contributed by atoms with Gasteiger partial charge in [0.1, 0.15) is 0 Å². The quantitative estimate of drug-likeness (QED) is 0.807. The normalized spacial score (nSPS) is 10.9. The Hall–Kier alpha value is -0.350. The number of aryl methyl sites for hydroxylation is 2. The molecule has 0 unspecified atom stereocenters. The zero-order valence-electron chi connectivity index (χ0n) is 9.81. The standard InChI is InChI=1S/C11H20BrN3/c1-4-7-13-8-5-6-10-11(12)9(2)14-15(10)3/h13H,4-8H2,1-3H3. The minimum Gasteiger partial charge on any atom is -0.317 e. The molecule has 0 saturated carbocycles. The maximum atomic E-state index is 4.38. The van der Waals surface area contributed by atoms with E-state index in [1.54, 1.807) is 0 Å². The van der Waals surface area contributed by atoms with Crippen LogP contribution in [0.5, 0.6) is 0 Å². The maximum Gasteiger partial charge on any atom is 0.0738 e. The summed E-state index contributed by atoms with van der Waals surface area (Å²) in [5, 5.41) is 7.78. The van der Waals surface area contributed by atoms with Crippen molar-refractivity contribution in [1.82, 2.24) is 15.1 Å². The second-order valence-corrected chi connectivity index (χ2v) is 4.62. The zero-order valence-corrected chi connectivity index (χ0v) is 11.4. The lowest BCUT2D eigenvalue weighted by molar-refractivity contribution is 0.616. The smallest absolute Gasteiger partial charge is 0.0738 e. The Labute approximate surface area is 100 Å². The fraction of sp³-hybridized carbons (Fsp3) is 0.727. The molecule has 1 rings (SSSR count). The van der Waals surface area contributed by atoms with Crippen molar-refractivity contribution in [2.75, 3.05) is 13.1 Å². The highest BCUT2D eigenvalue weighted by molar-refractivity contribution is 9.10. The Kier molecular flexibility index (Phi) is 5.32. The van der Waals surface area contributed by atoms with Gasteiger partial charge in [0.2, 0.25) is 0 Å². The topological polar surface area (TPSA) is 29.9 Å². The van der Waals surface area contributed by atoms with Gasteiger partial charge >= 0.3 is 0 Å². The van der Waals surface area contributed by atoms with Gasteiger partial charge in [-0.15, -0.1) is 0 Å². The molecule has 1 N–H and O–H groups in total. The van der Waals surface area contributed by atoms with Crippen molar-refractivity contribution in [2.45, 2.75) is 33.1 Å². The SMILES string of the molecule is CCCNCCCc1c(Br)c(C)nn1C. The number of rotatable bonds is 6. The molecule has 0 spiro atoms. The van der Waals surface area contributed by atoms with E-state index in [-0.39, 0.29) is 0 Å². The third-order valence-corrected chi connectivity index (χ3v) is 3.49. The first-order valence-electron chi connectivity index (χ1n) is 5.55. The summed E-state index contributed by atoms with van der Waals surface area (Å²) in [6, 6.07) is 0. The Morgan fingerprint density at radius 3 is 2.67 bits per heavy atom. The van der Waals surface area contributed by atoms with E-state index in [0.29, 0.717) is 0 Å². The van der Waals surface area contributed by atoms with Crippen LogP contribution in [0.3, 0.4) is 0 Å². The van der Waals surface area contributed by atoms with Crippen LogP contribution < -0.4 is 5.32 Å². The molecule has 0 atom stereocenters. The minimum atomic E-state index is 1.08. The Morgan fingerprint density at radius 2 is 2.13 bits per heavy atom. The van der Waals surface area contributed by atoms with E-state index in [2.05, 4.69) is 33.3 Å². The third kappa shape index (κ3) is 3.61. The van der Waals surface area contributed by atoms with Gasteiger partial charge in [0, 0.05) is 7.05 Å². The van der Waals surface area contributed by atoms with Crippen molar-refractivity contribution in [1.29, 1.82) is 0 Å². The molecule has 1 aromatic rings. The molecule has 0 radical (unpaired) electrons. The van der Waals surface area contributed by atoms with Crippen LogP contribution >= 0.6 is 15.9 Å². The van der Waals surface area contributed by atoms with Crippen molar-refractivity contribution in [2.24, 2.45) is 7.05 Å². The second kappa shape index (κ2) is 6.28. The molecular weight excluding hydrogens is 254 g/mol. The number of nitrogens with one attached hydrogen (secondary N) is 1. The van der Waals surface area contributed by atoms with Crippen LogP contribution in [0.2, 0.25) is 0 Å². The highest BCUT2D eigenvalue weighted by Crippen LogP contribution is 2.21. The third-order valence-electron chi connectivity index (χ3n) is 2.46. The molecule has 86 valence electrons. The second-order valence-electron chi connectivity index (χ2n) is 3.82. The van der Waals surface area contributed by atoms with Gasteiger partial charge in [-0.3, -0.25) is 4.68 Å². The Morgan fingerprint density at radius 1 is 1.40 bits per heavy atom. The van der Waals surface area contributed by atoms with Crippen LogP contribution in [0.15, 0.2) is 4.47 Å². The van der Waals surface area contributed by atoms with E-state index in [9.17, 15) is 0 Å². The summed E-state index contributed by atoms with van der Waals surface area (Å²) in [5.41, 5.74) is 2.37. The van der Waals surface area contributed by atoms with Gasteiger partial charge in [0.15, 0.2) is 0 Å². The van der Waals surface area contributed by atoms with Gasteiger partial charge < -0.3 is 5.32 Å². The van der Waals surface area contributed by atoms with Crippen LogP contribution in [0.25, 0.3) is 0 Å². The molecule has 0 aromatic carbocycles. The van der Waals surface area contributed by atoms with Crippen molar-refractivity contribution in [3.05, 3.63) is 15.9 Å². The van der Waals surface area contributed by atoms with Crippen molar-refractivity contribution in [3.8, 4) is 0 Å². The fourth-order valence-electron chi connectivity index (χ4n) is 1.63. The molecule has 1 aromatic heterocycles. The lowest BCUT2D eigenvalue weighted by Crippen LogP contribution is -2.16. The van der Waals surface area contributed by atoms with Crippen molar-refractivity contribution >= 4 is 15.9 Å². The van der Waals surface area contributed by atoms with E-state index in [1.807, 2.05) is 18.7 Å². The predicted octanol–water partition coefficient (Wildman–Crippen LogP) is 2.42. The summed E-state index contributed by atoms with van der Waals surface area (Å²) in [6.07, 6.45) is 3.45. The predicted molar refractivity (Wildman–Crippen MR) is 67.1 cm³/mol. The molecule has 0 aliphatic heterocycles. The van der Waals surface area contributed by atoms with Crippen LogP contribution in [0.4, 0.5) is 0 Å². The average molecular weight is 274 g/mol. The van der Waals surface area contributed by atoms with E-state index < -0.39 is 0 Å². The van der Waals surface area contributed by atoms with Crippen LogP contribution in [-0.2, 0) is 13.5 Å². The minimum absolute atomic E-state index is 1.08. The van der Waals surface area contributed by atoms with Crippen molar-refractivity contribution in [3.63, 3.8) is 0 Å². The summed E-state index contributed by atoms with van der Waals surface area (Å²) in [4.78, 5) is 0. The lowest BCUT2D eigenvalue weighted by Gasteiger charge is -2.04. The summed E-state index contributed by atoms with van der Waals surface area (Å²) in [5.74, 6) is 0. The number of aromatic nitrogens is 2. The van der Waals surface area contributed by atoms with Gasteiger partial charge in [0.25, 0.3) is 0 Å². The van der Waals surface area contributed by atoms with Crippen LogP contribution in [0, 0.1) is 6.92 Å². The molecule has 0 bridgehead atoms. The van der Waals surface area contributed by atoms with Gasteiger partial charge in [-0.2, -0.15) is 5.10 Å². The molecule has 0 fully saturated rings. The molecule has 1 heterocycles. The molecular formula is C11H20BrN3. The maximum absolute atomic E-state index is 4.38. The zero-order chi connectivity index (χ0) is 11.3. The van der Waals surface area contributed by atoms with Gasteiger partial charge in [-0.1, -0.05) is 6.92 Å². The van der Waals surface area contributed by atoms with Gasteiger partial charge in [-0.05, 0) is 55.2 Å². The average Bonchev–Trinajstić information content (AvgIpc) is 2.44. The molecule has 0 saturated heterocycles. The van der Waals surface area contributed by atoms with Gasteiger partial charge in [-0.25, -0.2) is 0 Å². The first kappa shape index (κ1) is 12.7. The largest absolute Gasteiger partial charge is 0.317 e. The summed E-state index contributed by atoms with van der Waals surface area (Å²) < 4.78 is 3.14. The highest BCUT2D eigenvalue weighted by atomic mass is 79.9. The monoisotopic (exact) mass is 273 g/mol. The first-order chi connectivity index (χ1) is 7.16. The number of halogens is 1. The highest BCUT2D eigenvalue weighted by Gasteiger charge is 2.09. The van der Waals surface area contributed by atoms with Crippen molar-refractivity contribution < 1.29 is 0 Å². The lowest BCUT2D eigenvalue weighted by atomic mass is 10.2. The van der Waals surface area contributed by atoms with Gasteiger partial charge in [0.05, 0.1) is 15.9 Å². The summed E-state index contributed by atoms with van der Waals surface area (Å²) in [6.45, 7) is 6.42. The summed E-state index contributed by atoms with van der Waals surface area (Å²) in [7, 11) is 2.01. The number of hydrogen-bond donors (Lipinski definition) is 1. The van der Waals surface area contributed by atoms with E-state index in [1.165, 1.54) is 16.6 Å². The molecule has 0 aliphatic rings. The van der Waals surface area contributed by atoms with E-state index in [0.717, 1.165) is 31.6 Å². The van der Waals surface area contributed by atoms with E-state index >= 15 is 0 Å². The van der Waals surface area contributed by atoms with Crippen LogP contribution in [0.1, 0.15) is 31.2 Å².